The molecule has 1 amide bonds. The number of nitrogens with zero attached hydrogens (tertiary/aromatic N) is 2. The van der Waals surface area contributed by atoms with Gasteiger partial charge in [-0.05, 0) is 56.1 Å². The number of nitrogens with one attached hydrogen (secondary N) is 1. The van der Waals surface area contributed by atoms with E-state index in [1.807, 2.05) is 0 Å². The number of phenols is 1. The van der Waals surface area contributed by atoms with Gasteiger partial charge in [-0.3, -0.25) is 4.79 Å². The van der Waals surface area contributed by atoms with E-state index in [4.69, 9.17) is 4.74 Å². The van der Waals surface area contributed by atoms with Crippen molar-refractivity contribution in [1.29, 1.82) is 0 Å². The van der Waals surface area contributed by atoms with Crippen LogP contribution in [0.15, 0.2) is 30.5 Å². The van der Waals surface area contributed by atoms with E-state index in [9.17, 15) is 9.90 Å². The maximum absolute atomic E-state index is 12.4. The average molecular weight is 345 g/mol. The first-order chi connectivity index (χ1) is 11.7. The third-order valence-electron chi connectivity index (χ3n) is 4.71. The van der Waals surface area contributed by atoms with E-state index in [1.165, 1.54) is 11.3 Å². The van der Waals surface area contributed by atoms with Crippen molar-refractivity contribution in [1.82, 2.24) is 15.2 Å². The van der Waals surface area contributed by atoms with Gasteiger partial charge in [-0.2, -0.15) is 0 Å². The van der Waals surface area contributed by atoms with Crippen LogP contribution >= 0.6 is 11.3 Å². The van der Waals surface area contributed by atoms with Crippen molar-refractivity contribution in [2.45, 2.75) is 18.9 Å². The molecule has 7 heteroatoms. The van der Waals surface area contributed by atoms with E-state index >= 15 is 0 Å². The maximum Gasteiger partial charge on any atom is 0.280 e. The third kappa shape index (κ3) is 3.22. The van der Waals surface area contributed by atoms with Crippen molar-refractivity contribution in [3.63, 3.8) is 0 Å². The zero-order valence-corrected chi connectivity index (χ0v) is 14.0. The molecule has 3 fully saturated rings. The zero-order chi connectivity index (χ0) is 16.5. The summed E-state index contributed by atoms with van der Waals surface area (Å²) in [4.78, 5) is 19.0. The first-order valence-corrected chi connectivity index (χ1v) is 8.95. The molecule has 0 aliphatic carbocycles. The number of ether oxygens (including phenoxy) is 1. The molecule has 1 aromatic heterocycles. The molecule has 5 rings (SSSR count). The number of carbonyl (C=O) groups excluding carboxylic acids is 1. The van der Waals surface area contributed by atoms with Crippen LogP contribution in [0.5, 0.6) is 16.6 Å². The summed E-state index contributed by atoms with van der Waals surface area (Å²) in [6.07, 6.45) is 3.89. The third-order valence-corrected chi connectivity index (χ3v) is 5.58. The molecule has 2 bridgehead atoms. The van der Waals surface area contributed by atoms with Crippen molar-refractivity contribution in [3.8, 4) is 16.6 Å². The lowest BCUT2D eigenvalue weighted by molar-refractivity contribution is 0.0620. The van der Waals surface area contributed by atoms with Gasteiger partial charge in [-0.1, -0.05) is 11.3 Å². The zero-order valence-electron chi connectivity index (χ0n) is 13.1. The van der Waals surface area contributed by atoms with Gasteiger partial charge in [0.2, 0.25) is 5.06 Å². The van der Waals surface area contributed by atoms with E-state index in [1.54, 1.807) is 30.5 Å². The Morgan fingerprint density at radius 3 is 2.71 bits per heavy atom. The highest BCUT2D eigenvalue weighted by atomic mass is 32.1. The molecule has 1 aromatic carbocycles. The minimum Gasteiger partial charge on any atom is -0.508 e. The first kappa shape index (κ1) is 15.4. The van der Waals surface area contributed by atoms with Crippen molar-refractivity contribution in [2.24, 2.45) is 5.92 Å². The Kier molecular flexibility index (Phi) is 4.12. The Bertz CT molecular complexity index is 723. The molecule has 2 aromatic rings. The molecule has 4 heterocycles. The topological polar surface area (TPSA) is 74.7 Å². The Balaban J connectivity index is 1.39. The van der Waals surface area contributed by atoms with Crippen molar-refractivity contribution < 1.29 is 14.6 Å². The van der Waals surface area contributed by atoms with Gasteiger partial charge < -0.3 is 20.1 Å². The number of amides is 1. The second-order valence-corrected chi connectivity index (χ2v) is 7.29. The summed E-state index contributed by atoms with van der Waals surface area (Å²) in [6.45, 7) is 3.25. The van der Waals surface area contributed by atoms with Gasteiger partial charge in [0.15, 0.2) is 5.01 Å². The summed E-state index contributed by atoms with van der Waals surface area (Å²) in [7, 11) is 0. The molecule has 3 aliphatic rings. The van der Waals surface area contributed by atoms with Gasteiger partial charge in [0.05, 0.1) is 6.20 Å². The lowest BCUT2D eigenvalue weighted by atomic mass is 9.84. The fraction of sp³-hybridized carbons (Fsp3) is 0.412. The smallest absolute Gasteiger partial charge is 0.280 e. The lowest BCUT2D eigenvalue weighted by Gasteiger charge is -2.44. The van der Waals surface area contributed by atoms with Crippen LogP contribution in [0.4, 0.5) is 0 Å². The van der Waals surface area contributed by atoms with Crippen LogP contribution in [0, 0.1) is 5.92 Å². The molecule has 6 nitrogen and oxygen atoms in total. The second-order valence-electron chi connectivity index (χ2n) is 6.30. The Morgan fingerprint density at radius 1 is 1.29 bits per heavy atom. The van der Waals surface area contributed by atoms with Crippen LogP contribution in [0.1, 0.15) is 22.6 Å². The highest BCUT2D eigenvalue weighted by Gasteiger charge is 2.35. The standard InChI is InChI=1S/C17H19N3O3S/c21-12-1-3-13(4-2-12)23-15-9-18-17(24-15)16(22)19-14-10-20-7-5-11(14)6-8-20/h1-4,9,11,14,21H,5-8,10H2,(H,19,22). The number of piperidine rings is 3. The second kappa shape index (κ2) is 6.41. The fourth-order valence-electron chi connectivity index (χ4n) is 3.40. The molecular weight excluding hydrogens is 326 g/mol. The summed E-state index contributed by atoms with van der Waals surface area (Å²) in [5.41, 5.74) is 0. The van der Waals surface area contributed by atoms with Crippen LogP contribution in [0.2, 0.25) is 0 Å². The fourth-order valence-corrected chi connectivity index (χ4v) is 4.09. The van der Waals surface area contributed by atoms with Crippen molar-refractivity contribution in [3.05, 3.63) is 35.5 Å². The molecular formula is C17H19N3O3S. The normalized spacial score (nSPS) is 25.4. The monoisotopic (exact) mass is 345 g/mol. The number of carbonyl (C=O) groups is 1. The number of hydrogen-bond donors (Lipinski definition) is 2. The summed E-state index contributed by atoms with van der Waals surface area (Å²) in [5, 5.41) is 13.4. The van der Waals surface area contributed by atoms with E-state index in [2.05, 4.69) is 15.2 Å². The largest absolute Gasteiger partial charge is 0.508 e. The number of aromatic nitrogens is 1. The number of rotatable bonds is 4. The van der Waals surface area contributed by atoms with Crippen molar-refractivity contribution >= 4 is 17.2 Å². The van der Waals surface area contributed by atoms with Gasteiger partial charge in [-0.15, -0.1) is 0 Å². The van der Waals surface area contributed by atoms with E-state index in [0.717, 1.165) is 32.5 Å². The summed E-state index contributed by atoms with van der Waals surface area (Å²) < 4.78 is 5.66. The van der Waals surface area contributed by atoms with Crippen LogP contribution in [0.25, 0.3) is 0 Å². The Labute approximate surface area is 144 Å². The summed E-state index contributed by atoms with van der Waals surface area (Å²) in [5.74, 6) is 1.25. The highest BCUT2D eigenvalue weighted by Crippen LogP contribution is 2.30. The van der Waals surface area contributed by atoms with Crippen LogP contribution in [-0.4, -0.2) is 46.6 Å². The van der Waals surface area contributed by atoms with E-state index < -0.39 is 0 Å². The SMILES string of the molecule is O=C(NC1CN2CCC1CC2)c1ncc(Oc2ccc(O)cc2)s1. The van der Waals surface area contributed by atoms with E-state index in [0.29, 0.717) is 21.7 Å². The lowest BCUT2D eigenvalue weighted by Crippen LogP contribution is -2.57. The molecule has 2 N–H and O–H groups in total. The quantitative estimate of drug-likeness (QED) is 0.890. The minimum atomic E-state index is -0.126. The Hall–Kier alpha value is -2.12. The molecule has 0 spiro atoms. The van der Waals surface area contributed by atoms with Crippen LogP contribution < -0.4 is 10.1 Å². The molecule has 3 saturated heterocycles. The summed E-state index contributed by atoms with van der Waals surface area (Å²) in [6, 6.07) is 6.67. The highest BCUT2D eigenvalue weighted by molar-refractivity contribution is 7.15. The van der Waals surface area contributed by atoms with Crippen LogP contribution in [0.3, 0.4) is 0 Å². The molecule has 1 atom stereocenters. The summed E-state index contributed by atoms with van der Waals surface area (Å²) >= 11 is 1.23. The minimum absolute atomic E-state index is 0.126. The van der Waals surface area contributed by atoms with Gasteiger partial charge in [0, 0.05) is 12.6 Å². The molecule has 1 unspecified atom stereocenters. The van der Waals surface area contributed by atoms with Gasteiger partial charge >= 0.3 is 0 Å². The van der Waals surface area contributed by atoms with Gasteiger partial charge in [0.25, 0.3) is 5.91 Å². The van der Waals surface area contributed by atoms with Crippen molar-refractivity contribution in [2.75, 3.05) is 19.6 Å². The molecule has 24 heavy (non-hydrogen) atoms. The Morgan fingerprint density at radius 2 is 2.04 bits per heavy atom. The number of fused-ring (bicyclic) bond motifs is 3. The number of benzene rings is 1. The molecule has 3 aliphatic heterocycles. The number of hydrogen-bond acceptors (Lipinski definition) is 6. The molecule has 0 radical (unpaired) electrons. The van der Waals surface area contributed by atoms with E-state index in [-0.39, 0.29) is 17.7 Å². The van der Waals surface area contributed by atoms with Gasteiger partial charge in [-0.25, -0.2) is 4.98 Å². The predicted octanol–water partition coefficient (Wildman–Crippen LogP) is 2.47. The number of aromatic hydroxyl groups is 1. The molecule has 0 saturated carbocycles. The first-order valence-electron chi connectivity index (χ1n) is 8.13. The number of phenolic OH excluding ortho intramolecular Hbond substituents is 1. The van der Waals surface area contributed by atoms with Crippen LogP contribution in [-0.2, 0) is 0 Å². The van der Waals surface area contributed by atoms with Gasteiger partial charge in [0.1, 0.15) is 11.5 Å². The molecule has 126 valence electrons. The number of thiazole rings is 1. The maximum atomic E-state index is 12.4. The average Bonchev–Trinajstić information content (AvgIpc) is 3.07. The predicted molar refractivity (Wildman–Crippen MR) is 90.7 cm³/mol.